The molecule has 1 N–H and O–H groups in total. The van der Waals surface area contributed by atoms with Crippen molar-refractivity contribution >= 4 is 57.3 Å². The lowest BCUT2D eigenvalue weighted by Gasteiger charge is -2.09. The summed E-state index contributed by atoms with van der Waals surface area (Å²) >= 11 is 2.93. The Hall–Kier alpha value is -3.75. The fourth-order valence-electron chi connectivity index (χ4n) is 3.14. The maximum absolute atomic E-state index is 12.8. The molecular formula is C24H17N5OS2. The molecule has 0 atom stereocenters. The highest BCUT2D eigenvalue weighted by Crippen LogP contribution is 2.33. The van der Waals surface area contributed by atoms with Gasteiger partial charge in [0.05, 0.1) is 23.0 Å². The fraction of sp³-hybridized carbons (Fsp3) is 0. The van der Waals surface area contributed by atoms with Crippen molar-refractivity contribution in [2.24, 2.45) is 0 Å². The van der Waals surface area contributed by atoms with Gasteiger partial charge in [0.1, 0.15) is 0 Å². The Bertz CT molecular complexity index is 1390. The van der Waals surface area contributed by atoms with Crippen molar-refractivity contribution in [1.82, 2.24) is 19.7 Å². The summed E-state index contributed by atoms with van der Waals surface area (Å²) in [7, 11) is 0. The zero-order valence-electron chi connectivity index (χ0n) is 16.8. The van der Waals surface area contributed by atoms with Gasteiger partial charge in [-0.15, -0.1) is 11.3 Å². The summed E-state index contributed by atoms with van der Waals surface area (Å²) in [5.41, 5.74) is 2.45. The third-order valence-corrected chi connectivity index (χ3v) is 6.41. The lowest BCUT2D eigenvalue weighted by Crippen LogP contribution is -2.12. The number of benzene rings is 2. The number of thiazole rings is 1. The minimum absolute atomic E-state index is 0.174. The van der Waals surface area contributed by atoms with Crippen molar-refractivity contribution in [2.75, 3.05) is 5.32 Å². The van der Waals surface area contributed by atoms with Gasteiger partial charge >= 0.3 is 0 Å². The first-order chi connectivity index (χ1) is 15.8. The standard InChI is InChI=1S/C24H17N5OS2/c30-23(28-24-26-12-14-31-24)20-6-1-2-7-22(20)32-19-9-8-17-16-27-29(21(17)15-19)13-10-18-5-3-4-11-25-18/h1-16H,(H,26,28,30). The molecule has 2 aromatic carbocycles. The molecule has 6 nitrogen and oxygen atoms in total. The number of hydrogen-bond acceptors (Lipinski definition) is 6. The molecule has 3 aromatic heterocycles. The van der Waals surface area contributed by atoms with E-state index in [1.54, 1.807) is 24.2 Å². The Morgan fingerprint density at radius 2 is 1.94 bits per heavy atom. The van der Waals surface area contributed by atoms with Crippen LogP contribution in [0.2, 0.25) is 0 Å². The molecule has 0 aliphatic heterocycles. The second kappa shape index (κ2) is 9.17. The molecule has 32 heavy (non-hydrogen) atoms. The van der Waals surface area contributed by atoms with Crippen molar-refractivity contribution in [3.63, 3.8) is 0 Å². The van der Waals surface area contributed by atoms with Gasteiger partial charge in [0.15, 0.2) is 5.13 Å². The van der Waals surface area contributed by atoms with Gasteiger partial charge < -0.3 is 0 Å². The molecule has 8 heteroatoms. The topological polar surface area (TPSA) is 72.7 Å². The molecule has 1 amide bonds. The Kier molecular flexibility index (Phi) is 5.78. The third kappa shape index (κ3) is 4.46. The van der Waals surface area contributed by atoms with Crippen LogP contribution in [-0.2, 0) is 0 Å². The van der Waals surface area contributed by atoms with Crippen LogP contribution >= 0.6 is 23.1 Å². The summed E-state index contributed by atoms with van der Waals surface area (Å²) in [6, 6.07) is 19.5. The van der Waals surface area contributed by atoms with E-state index >= 15 is 0 Å². The van der Waals surface area contributed by atoms with Crippen LogP contribution in [0.25, 0.3) is 23.2 Å². The highest BCUT2D eigenvalue weighted by atomic mass is 32.2. The number of amides is 1. The second-order valence-corrected chi connectivity index (χ2v) is 8.78. The molecule has 3 heterocycles. The molecule has 156 valence electrons. The van der Waals surface area contributed by atoms with E-state index in [4.69, 9.17) is 0 Å². The smallest absolute Gasteiger partial charge is 0.258 e. The number of carbonyl (C=O) groups excluding carboxylic acids is 1. The predicted molar refractivity (Wildman–Crippen MR) is 130 cm³/mol. The van der Waals surface area contributed by atoms with E-state index in [9.17, 15) is 4.79 Å². The number of pyridine rings is 1. The van der Waals surface area contributed by atoms with E-state index in [0.29, 0.717) is 10.7 Å². The average Bonchev–Trinajstić information content (AvgIpc) is 3.48. The molecule has 0 saturated carbocycles. The molecule has 5 rings (SSSR count). The van der Waals surface area contributed by atoms with E-state index in [1.165, 1.54) is 11.3 Å². The van der Waals surface area contributed by atoms with Crippen molar-refractivity contribution in [3.8, 4) is 0 Å². The van der Waals surface area contributed by atoms with Gasteiger partial charge in [-0.1, -0.05) is 36.0 Å². The van der Waals surface area contributed by atoms with Crippen LogP contribution < -0.4 is 5.32 Å². The lowest BCUT2D eigenvalue weighted by atomic mass is 10.2. The van der Waals surface area contributed by atoms with Gasteiger partial charge in [0, 0.05) is 39.2 Å². The van der Waals surface area contributed by atoms with Crippen LogP contribution in [0, 0.1) is 0 Å². The summed E-state index contributed by atoms with van der Waals surface area (Å²) in [5, 5.41) is 10.8. The molecule has 0 saturated heterocycles. The summed E-state index contributed by atoms with van der Waals surface area (Å²) in [4.78, 5) is 23.1. The molecule has 0 fully saturated rings. The van der Waals surface area contributed by atoms with Gasteiger partial charge in [0.2, 0.25) is 0 Å². The van der Waals surface area contributed by atoms with E-state index in [-0.39, 0.29) is 5.91 Å². The monoisotopic (exact) mass is 455 g/mol. The Morgan fingerprint density at radius 3 is 2.78 bits per heavy atom. The number of anilines is 1. The van der Waals surface area contributed by atoms with Gasteiger partial charge in [0.25, 0.3) is 5.91 Å². The first-order valence-corrected chi connectivity index (χ1v) is 11.5. The largest absolute Gasteiger partial charge is 0.298 e. The lowest BCUT2D eigenvalue weighted by molar-refractivity contribution is 0.102. The predicted octanol–water partition coefficient (Wildman–Crippen LogP) is 5.92. The SMILES string of the molecule is O=C(Nc1nccs1)c1ccccc1Sc1ccc2cnn(C=Cc3ccccn3)c2c1. The van der Waals surface area contributed by atoms with Crippen LogP contribution in [0.5, 0.6) is 0 Å². The van der Waals surface area contributed by atoms with Crippen LogP contribution in [0.15, 0.2) is 94.4 Å². The molecule has 5 aromatic rings. The number of rotatable bonds is 6. The average molecular weight is 456 g/mol. The number of nitrogens with zero attached hydrogens (tertiary/aromatic N) is 4. The number of aromatic nitrogens is 4. The molecule has 0 bridgehead atoms. The zero-order valence-corrected chi connectivity index (χ0v) is 18.4. The minimum Gasteiger partial charge on any atom is -0.298 e. The summed E-state index contributed by atoms with van der Waals surface area (Å²) in [5.74, 6) is -0.174. The van der Waals surface area contributed by atoms with Gasteiger partial charge in [-0.25, -0.2) is 9.67 Å². The highest BCUT2D eigenvalue weighted by molar-refractivity contribution is 7.99. The Balaban J connectivity index is 1.41. The maximum atomic E-state index is 12.8. The number of fused-ring (bicyclic) bond motifs is 1. The van der Waals surface area contributed by atoms with Gasteiger partial charge in [-0.2, -0.15) is 5.10 Å². The van der Waals surface area contributed by atoms with Gasteiger partial charge in [-0.3, -0.25) is 15.1 Å². The number of nitrogens with one attached hydrogen (secondary N) is 1. The highest BCUT2D eigenvalue weighted by Gasteiger charge is 2.14. The van der Waals surface area contributed by atoms with E-state index in [0.717, 1.165) is 26.4 Å². The quantitative estimate of drug-likeness (QED) is 0.344. The van der Waals surface area contributed by atoms with E-state index in [2.05, 4.69) is 26.4 Å². The van der Waals surface area contributed by atoms with Crippen molar-refractivity contribution < 1.29 is 4.79 Å². The molecule has 0 radical (unpaired) electrons. The normalized spacial score (nSPS) is 11.2. The fourth-order valence-corrected chi connectivity index (χ4v) is 4.64. The van der Waals surface area contributed by atoms with E-state index < -0.39 is 0 Å². The first kappa shape index (κ1) is 20.2. The van der Waals surface area contributed by atoms with Crippen LogP contribution in [0.4, 0.5) is 5.13 Å². The molecular weight excluding hydrogens is 438 g/mol. The van der Waals surface area contributed by atoms with Crippen molar-refractivity contribution in [1.29, 1.82) is 0 Å². The summed E-state index contributed by atoms with van der Waals surface area (Å²) < 4.78 is 1.83. The second-order valence-electron chi connectivity index (χ2n) is 6.77. The van der Waals surface area contributed by atoms with Crippen LogP contribution in [0.1, 0.15) is 16.1 Å². The third-order valence-electron chi connectivity index (χ3n) is 4.66. The Labute approximate surface area is 192 Å². The summed E-state index contributed by atoms with van der Waals surface area (Å²) in [6.07, 6.45) is 9.08. The molecule has 0 unspecified atom stereocenters. The van der Waals surface area contributed by atoms with E-state index in [1.807, 2.05) is 83.1 Å². The zero-order chi connectivity index (χ0) is 21.8. The number of hydrogen-bond donors (Lipinski definition) is 1. The van der Waals surface area contributed by atoms with Crippen molar-refractivity contribution in [3.05, 3.63) is 95.9 Å². The molecule has 0 aliphatic carbocycles. The minimum atomic E-state index is -0.174. The first-order valence-electron chi connectivity index (χ1n) is 9.80. The van der Waals surface area contributed by atoms with Gasteiger partial charge in [-0.05, 0) is 42.5 Å². The van der Waals surface area contributed by atoms with Crippen molar-refractivity contribution in [2.45, 2.75) is 9.79 Å². The maximum Gasteiger partial charge on any atom is 0.258 e. The summed E-state index contributed by atoms with van der Waals surface area (Å²) in [6.45, 7) is 0. The van der Waals surface area contributed by atoms with Crippen LogP contribution in [0.3, 0.4) is 0 Å². The Morgan fingerprint density at radius 1 is 1.03 bits per heavy atom. The van der Waals surface area contributed by atoms with Crippen LogP contribution in [-0.4, -0.2) is 25.7 Å². The molecule has 0 spiro atoms. The number of carbonyl (C=O) groups is 1. The molecule has 0 aliphatic rings.